The average molecular weight is 224 g/mol. The molecule has 1 aliphatic heterocycles. The molecule has 1 fully saturated rings. The van der Waals surface area contributed by atoms with Gasteiger partial charge < -0.3 is 9.47 Å². The van der Waals surface area contributed by atoms with Gasteiger partial charge in [0.1, 0.15) is 11.6 Å². The van der Waals surface area contributed by atoms with Crippen LogP contribution in [0.15, 0.2) is 0 Å². The molecule has 2 heterocycles. The van der Waals surface area contributed by atoms with Gasteiger partial charge in [0.2, 0.25) is 0 Å². The zero-order valence-corrected chi connectivity index (χ0v) is 10.3. The fourth-order valence-corrected chi connectivity index (χ4v) is 1.75. The Kier molecular flexibility index (Phi) is 3.52. The maximum absolute atomic E-state index is 4.13. The van der Waals surface area contributed by atoms with E-state index in [1.54, 1.807) is 0 Å². The van der Waals surface area contributed by atoms with Gasteiger partial charge in [0.15, 0.2) is 0 Å². The van der Waals surface area contributed by atoms with E-state index in [9.17, 15) is 0 Å². The standard InChI is InChI=1S/C10H20N6/c1-9-12-13-10(15(9)3)8-11-16-6-4-14(2)5-7-16/h11H,4-8H2,1-3H3. The lowest BCUT2D eigenvalue weighted by atomic mass is 10.4. The number of nitrogens with zero attached hydrogens (tertiary/aromatic N) is 5. The molecule has 0 atom stereocenters. The Labute approximate surface area is 96.2 Å². The third kappa shape index (κ3) is 2.58. The average Bonchev–Trinajstić information content (AvgIpc) is 2.60. The molecule has 0 bridgehead atoms. The van der Waals surface area contributed by atoms with E-state index in [0.717, 1.165) is 44.4 Å². The topological polar surface area (TPSA) is 49.2 Å². The molecular formula is C10H20N6. The zero-order chi connectivity index (χ0) is 11.5. The van der Waals surface area contributed by atoms with Crippen molar-refractivity contribution >= 4 is 0 Å². The molecule has 0 saturated carbocycles. The molecule has 0 spiro atoms. The third-order valence-electron chi connectivity index (χ3n) is 3.15. The highest BCUT2D eigenvalue weighted by atomic mass is 15.5. The third-order valence-corrected chi connectivity index (χ3v) is 3.15. The number of hydrogen-bond acceptors (Lipinski definition) is 5. The molecular weight excluding hydrogens is 204 g/mol. The Bertz CT molecular complexity index is 339. The van der Waals surface area contributed by atoms with Crippen LogP contribution in [0.4, 0.5) is 0 Å². The first-order valence-corrected chi connectivity index (χ1v) is 5.68. The zero-order valence-electron chi connectivity index (χ0n) is 10.3. The number of piperazine rings is 1. The predicted octanol–water partition coefficient (Wildman–Crippen LogP) is -0.624. The number of aromatic nitrogens is 3. The van der Waals surface area contributed by atoms with E-state index in [1.165, 1.54) is 0 Å². The van der Waals surface area contributed by atoms with E-state index in [1.807, 2.05) is 18.5 Å². The Morgan fingerprint density at radius 1 is 1.12 bits per heavy atom. The molecule has 1 N–H and O–H groups in total. The van der Waals surface area contributed by atoms with Gasteiger partial charge in [0, 0.05) is 33.2 Å². The number of hydrogen-bond donors (Lipinski definition) is 1. The van der Waals surface area contributed by atoms with Gasteiger partial charge in [-0.15, -0.1) is 10.2 Å². The van der Waals surface area contributed by atoms with Crippen molar-refractivity contribution in [1.82, 2.24) is 30.1 Å². The fourth-order valence-electron chi connectivity index (χ4n) is 1.75. The molecule has 0 aliphatic carbocycles. The quantitative estimate of drug-likeness (QED) is 0.741. The van der Waals surface area contributed by atoms with Gasteiger partial charge in [-0.05, 0) is 14.0 Å². The SMILES string of the molecule is Cc1nnc(CNN2CCN(C)CC2)n1C. The van der Waals surface area contributed by atoms with Crippen LogP contribution in [0.1, 0.15) is 11.6 Å². The first-order chi connectivity index (χ1) is 7.66. The number of likely N-dealkylation sites (N-methyl/N-ethyl adjacent to an activating group) is 1. The number of rotatable bonds is 3. The number of hydrazine groups is 1. The summed E-state index contributed by atoms with van der Waals surface area (Å²) < 4.78 is 2.02. The van der Waals surface area contributed by atoms with Gasteiger partial charge in [0.25, 0.3) is 0 Å². The minimum absolute atomic E-state index is 0.751. The molecule has 1 aliphatic rings. The van der Waals surface area contributed by atoms with Crippen LogP contribution in [0.25, 0.3) is 0 Å². The first kappa shape index (κ1) is 11.5. The smallest absolute Gasteiger partial charge is 0.148 e. The van der Waals surface area contributed by atoms with Gasteiger partial charge in [0.05, 0.1) is 6.54 Å². The van der Waals surface area contributed by atoms with Crippen LogP contribution in [0.5, 0.6) is 0 Å². The molecule has 6 nitrogen and oxygen atoms in total. The fraction of sp³-hybridized carbons (Fsp3) is 0.800. The highest BCUT2D eigenvalue weighted by molar-refractivity contribution is 4.91. The molecule has 6 heteroatoms. The van der Waals surface area contributed by atoms with E-state index >= 15 is 0 Å². The monoisotopic (exact) mass is 224 g/mol. The second-order valence-corrected chi connectivity index (χ2v) is 4.35. The van der Waals surface area contributed by atoms with Crippen molar-refractivity contribution in [2.45, 2.75) is 13.5 Å². The molecule has 0 radical (unpaired) electrons. The summed E-state index contributed by atoms with van der Waals surface area (Å²) >= 11 is 0. The normalized spacial score (nSPS) is 19.2. The van der Waals surface area contributed by atoms with Crippen molar-refractivity contribution in [3.8, 4) is 0 Å². The minimum atomic E-state index is 0.751. The van der Waals surface area contributed by atoms with Crippen LogP contribution in [-0.4, -0.2) is 57.9 Å². The maximum atomic E-state index is 4.13. The van der Waals surface area contributed by atoms with Crippen LogP contribution in [0, 0.1) is 6.92 Å². The van der Waals surface area contributed by atoms with Crippen molar-refractivity contribution in [1.29, 1.82) is 0 Å². The number of nitrogens with one attached hydrogen (secondary N) is 1. The van der Waals surface area contributed by atoms with Crippen molar-refractivity contribution < 1.29 is 0 Å². The molecule has 90 valence electrons. The molecule has 2 rings (SSSR count). The summed E-state index contributed by atoms with van der Waals surface area (Å²) in [4.78, 5) is 2.34. The Balaban J connectivity index is 1.81. The molecule has 0 aromatic carbocycles. The molecule has 1 saturated heterocycles. The first-order valence-electron chi connectivity index (χ1n) is 5.68. The van der Waals surface area contributed by atoms with Crippen LogP contribution in [0.2, 0.25) is 0 Å². The Morgan fingerprint density at radius 2 is 1.81 bits per heavy atom. The van der Waals surface area contributed by atoms with E-state index in [0.29, 0.717) is 0 Å². The van der Waals surface area contributed by atoms with Crippen LogP contribution < -0.4 is 5.43 Å². The van der Waals surface area contributed by atoms with E-state index in [2.05, 4.69) is 32.6 Å². The second kappa shape index (κ2) is 4.90. The van der Waals surface area contributed by atoms with Gasteiger partial charge in [-0.2, -0.15) is 0 Å². The van der Waals surface area contributed by atoms with Gasteiger partial charge >= 0.3 is 0 Å². The largest absolute Gasteiger partial charge is 0.317 e. The second-order valence-electron chi connectivity index (χ2n) is 4.35. The van der Waals surface area contributed by atoms with E-state index < -0.39 is 0 Å². The Morgan fingerprint density at radius 3 is 2.38 bits per heavy atom. The van der Waals surface area contributed by atoms with Gasteiger partial charge in [-0.25, -0.2) is 10.4 Å². The lowest BCUT2D eigenvalue weighted by molar-refractivity contribution is 0.101. The van der Waals surface area contributed by atoms with Crippen molar-refractivity contribution in [3.05, 3.63) is 11.6 Å². The Hall–Kier alpha value is -0.980. The molecule has 1 aromatic rings. The predicted molar refractivity (Wildman–Crippen MR) is 61.6 cm³/mol. The van der Waals surface area contributed by atoms with Crippen LogP contribution >= 0.6 is 0 Å². The van der Waals surface area contributed by atoms with Crippen LogP contribution in [-0.2, 0) is 13.6 Å². The van der Waals surface area contributed by atoms with Crippen molar-refractivity contribution in [2.24, 2.45) is 7.05 Å². The summed E-state index contributed by atoms with van der Waals surface area (Å²) in [5, 5.41) is 10.4. The maximum Gasteiger partial charge on any atom is 0.148 e. The summed E-state index contributed by atoms with van der Waals surface area (Å²) in [6.45, 7) is 7.07. The lowest BCUT2D eigenvalue weighted by Gasteiger charge is -2.32. The summed E-state index contributed by atoms with van der Waals surface area (Å²) in [6, 6.07) is 0. The van der Waals surface area contributed by atoms with Crippen LogP contribution in [0.3, 0.4) is 0 Å². The highest BCUT2D eigenvalue weighted by Gasteiger charge is 2.14. The highest BCUT2D eigenvalue weighted by Crippen LogP contribution is 1.99. The summed E-state index contributed by atoms with van der Waals surface area (Å²) in [5.74, 6) is 1.94. The summed E-state index contributed by atoms with van der Waals surface area (Å²) in [5.41, 5.74) is 3.40. The van der Waals surface area contributed by atoms with E-state index in [4.69, 9.17) is 0 Å². The van der Waals surface area contributed by atoms with E-state index in [-0.39, 0.29) is 0 Å². The molecule has 0 amide bonds. The van der Waals surface area contributed by atoms with Gasteiger partial charge in [-0.3, -0.25) is 0 Å². The molecule has 1 aromatic heterocycles. The number of aryl methyl sites for hydroxylation is 1. The molecule has 16 heavy (non-hydrogen) atoms. The molecule has 0 unspecified atom stereocenters. The summed E-state index contributed by atoms with van der Waals surface area (Å²) in [6.07, 6.45) is 0. The van der Waals surface area contributed by atoms with Crippen molar-refractivity contribution in [2.75, 3.05) is 33.2 Å². The minimum Gasteiger partial charge on any atom is -0.317 e. The summed E-state index contributed by atoms with van der Waals surface area (Å²) in [7, 11) is 4.15. The van der Waals surface area contributed by atoms with Crippen molar-refractivity contribution in [3.63, 3.8) is 0 Å². The van der Waals surface area contributed by atoms with Gasteiger partial charge in [-0.1, -0.05) is 0 Å². The lowest BCUT2D eigenvalue weighted by Crippen LogP contribution is -2.50.